The lowest BCUT2D eigenvalue weighted by Gasteiger charge is -2.42. The van der Waals surface area contributed by atoms with Crippen LogP contribution in [-0.4, -0.2) is 34.0 Å². The van der Waals surface area contributed by atoms with E-state index in [-0.39, 0.29) is 35.7 Å². The molecule has 0 amide bonds. The van der Waals surface area contributed by atoms with Crippen LogP contribution in [0.5, 0.6) is 0 Å². The van der Waals surface area contributed by atoms with Gasteiger partial charge in [0.05, 0.1) is 12.1 Å². The van der Waals surface area contributed by atoms with Gasteiger partial charge in [-0.3, -0.25) is 9.69 Å². The minimum absolute atomic E-state index is 0.107. The number of aliphatic hydroxyl groups is 1. The summed E-state index contributed by atoms with van der Waals surface area (Å²) in [5, 5.41) is 9.99. The lowest BCUT2D eigenvalue weighted by molar-refractivity contribution is -0.129. The highest BCUT2D eigenvalue weighted by atomic mass is 19.1. The van der Waals surface area contributed by atoms with Crippen LogP contribution in [-0.2, 0) is 4.79 Å². The molecule has 2 bridgehead atoms. The number of ketones is 1. The fourth-order valence-corrected chi connectivity index (χ4v) is 4.35. The van der Waals surface area contributed by atoms with Crippen molar-refractivity contribution < 1.29 is 14.3 Å². The normalized spacial score (nSPS) is 32.9. The molecule has 4 rings (SSSR count). The first-order valence-corrected chi connectivity index (χ1v) is 8.39. The highest BCUT2D eigenvalue weighted by molar-refractivity contribution is 5.89. The van der Waals surface area contributed by atoms with Crippen molar-refractivity contribution in [1.29, 1.82) is 0 Å². The van der Waals surface area contributed by atoms with Crippen molar-refractivity contribution in [2.45, 2.75) is 62.8 Å². The number of fused-ring (bicyclic) bond motifs is 2. The standard InChI is InChI=1S/C18H22FNO2/c19-16-4-2-1-3-15(16)17(18(22)11-5-6-11)20-12-7-8-13(20)10-14(21)9-12/h1-4,11-14,17,21H,5-10H2. The minimum Gasteiger partial charge on any atom is -0.393 e. The Balaban J connectivity index is 1.72. The van der Waals surface area contributed by atoms with E-state index in [4.69, 9.17) is 0 Å². The van der Waals surface area contributed by atoms with Crippen LogP contribution in [0.4, 0.5) is 4.39 Å². The molecule has 22 heavy (non-hydrogen) atoms. The van der Waals surface area contributed by atoms with Gasteiger partial charge in [0.15, 0.2) is 5.78 Å². The van der Waals surface area contributed by atoms with Crippen molar-refractivity contribution in [3.63, 3.8) is 0 Å². The van der Waals surface area contributed by atoms with Crippen LogP contribution in [0, 0.1) is 11.7 Å². The van der Waals surface area contributed by atoms with Gasteiger partial charge in [-0.1, -0.05) is 18.2 Å². The molecule has 2 saturated heterocycles. The second-order valence-corrected chi connectivity index (χ2v) is 7.06. The van der Waals surface area contributed by atoms with Gasteiger partial charge in [0.25, 0.3) is 0 Å². The summed E-state index contributed by atoms with van der Waals surface area (Å²) in [6.45, 7) is 0. The highest BCUT2D eigenvalue weighted by Gasteiger charge is 2.49. The Morgan fingerprint density at radius 1 is 1.14 bits per heavy atom. The molecule has 3 atom stereocenters. The van der Waals surface area contributed by atoms with Crippen molar-refractivity contribution in [2.24, 2.45) is 5.92 Å². The molecule has 1 N–H and O–H groups in total. The minimum atomic E-state index is -0.460. The van der Waals surface area contributed by atoms with E-state index < -0.39 is 6.04 Å². The van der Waals surface area contributed by atoms with Crippen molar-refractivity contribution >= 4 is 5.78 Å². The smallest absolute Gasteiger partial charge is 0.157 e. The number of nitrogens with zero attached hydrogens (tertiary/aromatic N) is 1. The largest absolute Gasteiger partial charge is 0.393 e. The van der Waals surface area contributed by atoms with E-state index in [2.05, 4.69) is 4.90 Å². The van der Waals surface area contributed by atoms with Crippen LogP contribution < -0.4 is 0 Å². The molecule has 3 nitrogen and oxygen atoms in total. The number of aliphatic hydroxyl groups excluding tert-OH is 1. The zero-order chi connectivity index (χ0) is 15.3. The third kappa shape index (κ3) is 2.38. The summed E-state index contributed by atoms with van der Waals surface area (Å²) in [6, 6.07) is 6.65. The number of hydrogen-bond donors (Lipinski definition) is 1. The van der Waals surface area contributed by atoms with Crippen LogP contribution in [0.15, 0.2) is 24.3 Å². The van der Waals surface area contributed by atoms with Crippen LogP contribution in [0.3, 0.4) is 0 Å². The molecular weight excluding hydrogens is 281 g/mol. The Kier molecular flexibility index (Phi) is 3.54. The van der Waals surface area contributed by atoms with Crippen molar-refractivity contribution in [3.05, 3.63) is 35.6 Å². The lowest BCUT2D eigenvalue weighted by Crippen LogP contribution is -2.49. The molecule has 3 unspecified atom stereocenters. The Labute approximate surface area is 130 Å². The summed E-state index contributed by atoms with van der Waals surface area (Å²) in [5.41, 5.74) is 0.521. The summed E-state index contributed by atoms with van der Waals surface area (Å²) in [4.78, 5) is 15.1. The first-order chi connectivity index (χ1) is 10.6. The number of carbonyl (C=O) groups is 1. The van der Waals surface area contributed by atoms with Crippen LogP contribution in [0.2, 0.25) is 0 Å². The zero-order valence-electron chi connectivity index (χ0n) is 12.6. The average Bonchev–Trinajstić information content (AvgIpc) is 3.29. The topological polar surface area (TPSA) is 40.5 Å². The summed E-state index contributed by atoms with van der Waals surface area (Å²) >= 11 is 0. The fraction of sp³-hybridized carbons (Fsp3) is 0.611. The molecule has 0 radical (unpaired) electrons. The third-order valence-corrected chi connectivity index (χ3v) is 5.51. The number of benzene rings is 1. The van der Waals surface area contributed by atoms with Crippen LogP contribution >= 0.6 is 0 Å². The average molecular weight is 303 g/mol. The van der Waals surface area contributed by atoms with Gasteiger partial charge in [-0.2, -0.15) is 0 Å². The van der Waals surface area contributed by atoms with Gasteiger partial charge in [0.1, 0.15) is 5.82 Å². The quantitative estimate of drug-likeness (QED) is 0.930. The first-order valence-electron chi connectivity index (χ1n) is 8.39. The number of carbonyl (C=O) groups excluding carboxylic acids is 1. The number of piperidine rings is 1. The zero-order valence-corrected chi connectivity index (χ0v) is 12.6. The molecule has 1 aliphatic carbocycles. The van der Waals surface area contributed by atoms with Gasteiger partial charge >= 0.3 is 0 Å². The van der Waals surface area contributed by atoms with E-state index in [0.717, 1.165) is 25.7 Å². The Bertz CT molecular complexity index is 572. The second kappa shape index (κ2) is 5.43. The van der Waals surface area contributed by atoms with Crippen molar-refractivity contribution in [1.82, 2.24) is 4.90 Å². The number of hydrogen-bond acceptors (Lipinski definition) is 3. The molecule has 2 heterocycles. The van der Waals surface area contributed by atoms with E-state index in [0.29, 0.717) is 18.4 Å². The molecule has 2 aliphatic heterocycles. The van der Waals surface area contributed by atoms with Crippen LogP contribution in [0.1, 0.15) is 50.1 Å². The molecule has 0 aromatic heterocycles. The van der Waals surface area contributed by atoms with E-state index >= 15 is 0 Å². The summed E-state index contributed by atoms with van der Waals surface area (Å²) in [6.07, 6.45) is 5.03. The van der Waals surface area contributed by atoms with Gasteiger partial charge in [0, 0.05) is 23.6 Å². The molecule has 3 aliphatic rings. The first kappa shape index (κ1) is 14.3. The summed E-state index contributed by atoms with van der Waals surface area (Å²) in [7, 11) is 0. The van der Waals surface area contributed by atoms with E-state index in [1.54, 1.807) is 12.1 Å². The highest BCUT2D eigenvalue weighted by Crippen LogP contribution is 2.45. The molecule has 3 fully saturated rings. The van der Waals surface area contributed by atoms with Gasteiger partial charge in [-0.25, -0.2) is 4.39 Å². The molecule has 1 saturated carbocycles. The number of halogens is 1. The fourth-order valence-electron chi connectivity index (χ4n) is 4.35. The maximum Gasteiger partial charge on any atom is 0.157 e. The van der Waals surface area contributed by atoms with Gasteiger partial charge in [0.2, 0.25) is 0 Å². The molecule has 4 heteroatoms. The van der Waals surface area contributed by atoms with Crippen molar-refractivity contribution in [3.8, 4) is 0 Å². The lowest BCUT2D eigenvalue weighted by atomic mass is 9.91. The predicted octanol–water partition coefficient (Wildman–Crippen LogP) is 2.83. The Morgan fingerprint density at radius 2 is 1.77 bits per heavy atom. The Hall–Kier alpha value is -1.26. The van der Waals surface area contributed by atoms with Crippen molar-refractivity contribution in [2.75, 3.05) is 0 Å². The van der Waals surface area contributed by atoms with Crippen LogP contribution in [0.25, 0.3) is 0 Å². The Morgan fingerprint density at radius 3 is 2.36 bits per heavy atom. The number of Topliss-reactive ketones (excluding diaryl/α,β-unsaturated/α-hetero) is 1. The van der Waals surface area contributed by atoms with E-state index in [1.165, 1.54) is 6.07 Å². The van der Waals surface area contributed by atoms with E-state index in [1.807, 2.05) is 6.07 Å². The maximum atomic E-state index is 14.4. The maximum absolute atomic E-state index is 14.4. The molecule has 0 spiro atoms. The second-order valence-electron chi connectivity index (χ2n) is 7.06. The molecule has 118 valence electrons. The summed E-state index contributed by atoms with van der Waals surface area (Å²) < 4.78 is 14.4. The van der Waals surface area contributed by atoms with Gasteiger partial charge < -0.3 is 5.11 Å². The third-order valence-electron chi connectivity index (χ3n) is 5.51. The SMILES string of the molecule is O=C(C1CC1)C(c1ccccc1F)N1C2CCC1CC(O)C2. The molecule has 1 aromatic carbocycles. The molecular formula is C18H22FNO2. The molecule has 1 aromatic rings. The monoisotopic (exact) mass is 303 g/mol. The summed E-state index contributed by atoms with van der Waals surface area (Å²) in [5.74, 6) is 0.00117. The van der Waals surface area contributed by atoms with Gasteiger partial charge in [-0.05, 0) is 44.6 Å². The van der Waals surface area contributed by atoms with E-state index in [9.17, 15) is 14.3 Å². The number of rotatable bonds is 4. The predicted molar refractivity (Wildman–Crippen MR) is 80.8 cm³/mol. The van der Waals surface area contributed by atoms with Gasteiger partial charge in [-0.15, -0.1) is 0 Å².